The summed E-state index contributed by atoms with van der Waals surface area (Å²) >= 11 is 12.5. The molecular weight excluding hydrogens is 437 g/mol. The molecule has 0 saturated carbocycles. The van der Waals surface area contributed by atoms with Crippen LogP contribution in [0.25, 0.3) is 0 Å². The number of rotatable bonds is 7. The fourth-order valence-corrected chi connectivity index (χ4v) is 2.98. The molecule has 31 heavy (non-hydrogen) atoms. The van der Waals surface area contributed by atoms with Gasteiger partial charge in [0, 0.05) is 6.61 Å². The summed E-state index contributed by atoms with van der Waals surface area (Å²) in [6, 6.07) is 20.1. The normalized spacial score (nSPS) is 10.1. The van der Waals surface area contributed by atoms with Crippen molar-refractivity contribution in [3.8, 4) is 0 Å². The molecule has 5 nitrogen and oxygen atoms in total. The molecule has 0 spiro atoms. The van der Waals surface area contributed by atoms with Gasteiger partial charge in [0.2, 0.25) is 0 Å². The van der Waals surface area contributed by atoms with Gasteiger partial charge < -0.3 is 19.9 Å². The Balaban J connectivity index is 0.000000357. The molecule has 0 radical (unpaired) electrons. The highest BCUT2D eigenvalue weighted by atomic mass is 35.5. The predicted molar refractivity (Wildman–Crippen MR) is 125 cm³/mol. The van der Waals surface area contributed by atoms with E-state index in [4.69, 9.17) is 37.8 Å². The number of benzene rings is 3. The highest BCUT2D eigenvalue weighted by Crippen LogP contribution is 2.36. The van der Waals surface area contributed by atoms with Crippen LogP contribution >= 0.6 is 23.2 Å². The van der Waals surface area contributed by atoms with Crippen molar-refractivity contribution in [2.45, 2.75) is 20.5 Å². The van der Waals surface area contributed by atoms with E-state index in [0.29, 0.717) is 33.6 Å². The Kier molecular flexibility index (Phi) is 10.3. The molecule has 0 amide bonds. The van der Waals surface area contributed by atoms with Crippen LogP contribution in [0, 0.1) is 6.92 Å². The highest BCUT2D eigenvalue weighted by Gasteiger charge is 2.15. The molecular formula is C24H25Cl2NO4. The lowest BCUT2D eigenvalue weighted by atomic mass is 10.1. The summed E-state index contributed by atoms with van der Waals surface area (Å²) in [5.41, 5.74) is 3.34. The van der Waals surface area contributed by atoms with Crippen LogP contribution in [-0.4, -0.2) is 24.5 Å². The van der Waals surface area contributed by atoms with E-state index in [0.717, 1.165) is 11.1 Å². The van der Waals surface area contributed by atoms with E-state index in [9.17, 15) is 4.79 Å². The zero-order chi connectivity index (χ0) is 22.6. The number of halogens is 2. The Bertz CT molecular complexity index is 981. The minimum absolute atomic E-state index is 0.0877. The van der Waals surface area contributed by atoms with Crippen LogP contribution < -0.4 is 5.32 Å². The minimum atomic E-state index is -0.485. The van der Waals surface area contributed by atoms with Crippen LogP contribution in [0.1, 0.15) is 28.4 Å². The van der Waals surface area contributed by atoms with E-state index in [2.05, 4.69) is 5.32 Å². The number of hydrogen-bond acceptors (Lipinski definition) is 5. The van der Waals surface area contributed by atoms with Gasteiger partial charge in [-0.15, -0.1) is 0 Å². The zero-order valence-electron chi connectivity index (χ0n) is 17.4. The molecule has 0 aromatic heterocycles. The molecule has 7 heteroatoms. The molecule has 0 unspecified atom stereocenters. The molecule has 0 aliphatic rings. The van der Waals surface area contributed by atoms with Gasteiger partial charge in [-0.2, -0.15) is 0 Å². The van der Waals surface area contributed by atoms with Crippen molar-refractivity contribution in [3.63, 3.8) is 0 Å². The molecule has 0 heterocycles. The average Bonchev–Trinajstić information content (AvgIpc) is 2.80. The highest BCUT2D eigenvalue weighted by molar-refractivity contribution is 6.39. The number of para-hydroxylation sites is 1. The van der Waals surface area contributed by atoms with Crippen LogP contribution in [0.2, 0.25) is 10.0 Å². The maximum Gasteiger partial charge on any atom is 0.342 e. The molecule has 3 aromatic rings. The van der Waals surface area contributed by atoms with Crippen molar-refractivity contribution in [2.75, 3.05) is 18.7 Å². The molecule has 0 aliphatic heterocycles. The van der Waals surface area contributed by atoms with Gasteiger partial charge in [0.15, 0.2) is 6.79 Å². The third-order valence-corrected chi connectivity index (χ3v) is 5.00. The Morgan fingerprint density at radius 1 is 1.00 bits per heavy atom. The fourth-order valence-electron chi connectivity index (χ4n) is 2.52. The summed E-state index contributed by atoms with van der Waals surface area (Å²) in [5.74, 6) is -0.485. The maximum absolute atomic E-state index is 12.2. The van der Waals surface area contributed by atoms with Crippen LogP contribution in [0.15, 0.2) is 66.7 Å². The number of hydrogen-bond donors (Lipinski definition) is 2. The largest absolute Gasteiger partial charge is 0.435 e. The number of anilines is 2. The Morgan fingerprint density at radius 3 is 2.32 bits per heavy atom. The fraction of sp³-hybridized carbons (Fsp3) is 0.208. The summed E-state index contributed by atoms with van der Waals surface area (Å²) in [7, 11) is 0. The molecule has 0 atom stereocenters. The Labute approximate surface area is 192 Å². The number of ether oxygens (including phenoxy) is 2. The minimum Gasteiger partial charge on any atom is -0.435 e. The van der Waals surface area contributed by atoms with Crippen LogP contribution in [0.4, 0.5) is 11.4 Å². The second-order valence-electron chi connectivity index (χ2n) is 6.41. The van der Waals surface area contributed by atoms with Crippen molar-refractivity contribution in [2.24, 2.45) is 0 Å². The first-order valence-electron chi connectivity index (χ1n) is 9.68. The Hall–Kier alpha value is -2.57. The summed E-state index contributed by atoms with van der Waals surface area (Å²) < 4.78 is 10.1. The third-order valence-electron chi connectivity index (χ3n) is 4.19. The number of esters is 1. The summed E-state index contributed by atoms with van der Waals surface area (Å²) in [6.07, 6.45) is 0. The van der Waals surface area contributed by atoms with Crippen LogP contribution in [0.5, 0.6) is 0 Å². The van der Waals surface area contributed by atoms with Gasteiger partial charge in [-0.1, -0.05) is 71.7 Å². The monoisotopic (exact) mass is 461 g/mol. The number of nitrogens with one attached hydrogen (secondary N) is 1. The van der Waals surface area contributed by atoms with Gasteiger partial charge in [0.25, 0.3) is 0 Å². The van der Waals surface area contributed by atoms with Gasteiger partial charge in [0.05, 0.1) is 33.6 Å². The van der Waals surface area contributed by atoms with Crippen molar-refractivity contribution in [3.05, 3.63) is 93.5 Å². The van der Waals surface area contributed by atoms with Gasteiger partial charge >= 0.3 is 5.97 Å². The molecule has 0 bridgehead atoms. The molecule has 3 aromatic carbocycles. The Morgan fingerprint density at radius 2 is 1.68 bits per heavy atom. The van der Waals surface area contributed by atoms with E-state index in [-0.39, 0.29) is 13.4 Å². The second-order valence-corrected chi connectivity index (χ2v) is 7.20. The van der Waals surface area contributed by atoms with Crippen LogP contribution in [-0.2, 0) is 16.1 Å². The number of aliphatic hydroxyl groups is 1. The standard InChI is InChI=1S/C17H17Cl2NO3.C7H8O/c1-3-22-10-23-17(21)12-6-4-5-7-14(12)20-16-13(18)9-8-11(2)15(16)19;8-6-7-4-2-1-3-5-7/h4-9,20H,3,10H2,1-2H3;1-5,8H,6H2. The van der Waals surface area contributed by atoms with Gasteiger partial charge in [-0.3, -0.25) is 0 Å². The summed E-state index contributed by atoms with van der Waals surface area (Å²) in [4.78, 5) is 12.2. The maximum atomic E-state index is 12.2. The third kappa shape index (κ3) is 7.56. The summed E-state index contributed by atoms with van der Waals surface area (Å²) in [6.45, 7) is 4.23. The molecule has 3 rings (SSSR count). The summed E-state index contributed by atoms with van der Waals surface area (Å²) in [5, 5.41) is 12.6. The lowest BCUT2D eigenvalue weighted by Crippen LogP contribution is -2.11. The number of aliphatic hydroxyl groups excluding tert-OH is 1. The molecule has 0 fully saturated rings. The predicted octanol–water partition coefficient (Wildman–Crippen LogP) is 6.38. The number of carbonyl (C=O) groups excluding carboxylic acids is 1. The quantitative estimate of drug-likeness (QED) is 0.243. The van der Waals surface area contributed by atoms with Crippen LogP contribution in [0.3, 0.4) is 0 Å². The topological polar surface area (TPSA) is 67.8 Å². The second kappa shape index (κ2) is 13.0. The van der Waals surface area contributed by atoms with E-state index >= 15 is 0 Å². The lowest BCUT2D eigenvalue weighted by Gasteiger charge is -2.15. The molecule has 0 saturated heterocycles. The first-order valence-corrected chi connectivity index (χ1v) is 10.4. The van der Waals surface area contributed by atoms with Crippen molar-refractivity contribution in [1.29, 1.82) is 0 Å². The first kappa shape index (κ1) is 24.7. The van der Waals surface area contributed by atoms with E-state index in [1.165, 1.54) is 0 Å². The van der Waals surface area contributed by atoms with Gasteiger partial charge in [0.1, 0.15) is 0 Å². The first-order chi connectivity index (χ1) is 15.0. The molecule has 164 valence electrons. The smallest absolute Gasteiger partial charge is 0.342 e. The van der Waals surface area contributed by atoms with Gasteiger partial charge in [-0.05, 0) is 43.2 Å². The number of carbonyl (C=O) groups is 1. The SMILES string of the molecule is CCOCOC(=O)c1ccccc1Nc1c(Cl)ccc(C)c1Cl.OCc1ccccc1. The average molecular weight is 462 g/mol. The van der Waals surface area contributed by atoms with E-state index in [1.54, 1.807) is 30.3 Å². The number of aryl methyl sites for hydroxylation is 1. The van der Waals surface area contributed by atoms with E-state index in [1.807, 2.05) is 50.2 Å². The van der Waals surface area contributed by atoms with E-state index < -0.39 is 5.97 Å². The van der Waals surface area contributed by atoms with Crippen molar-refractivity contribution < 1.29 is 19.4 Å². The molecule has 0 aliphatic carbocycles. The van der Waals surface area contributed by atoms with Gasteiger partial charge in [-0.25, -0.2) is 4.79 Å². The van der Waals surface area contributed by atoms with Crippen molar-refractivity contribution in [1.82, 2.24) is 0 Å². The van der Waals surface area contributed by atoms with Crippen molar-refractivity contribution >= 4 is 40.5 Å². The molecule has 2 N–H and O–H groups in total. The zero-order valence-corrected chi connectivity index (χ0v) is 18.9. The lowest BCUT2D eigenvalue weighted by molar-refractivity contribution is -0.0273.